The van der Waals surface area contributed by atoms with Gasteiger partial charge in [0.25, 0.3) is 0 Å². The predicted octanol–water partition coefficient (Wildman–Crippen LogP) is 2.80. The van der Waals surface area contributed by atoms with Crippen molar-refractivity contribution >= 4 is 5.97 Å². The zero-order valence-corrected chi connectivity index (χ0v) is 11.8. The van der Waals surface area contributed by atoms with E-state index in [0.717, 1.165) is 5.56 Å². The van der Waals surface area contributed by atoms with Gasteiger partial charge in [0.1, 0.15) is 0 Å². The van der Waals surface area contributed by atoms with E-state index in [0.29, 0.717) is 5.56 Å². The van der Waals surface area contributed by atoms with Gasteiger partial charge in [0.2, 0.25) is 0 Å². The Labute approximate surface area is 114 Å². The summed E-state index contributed by atoms with van der Waals surface area (Å²) < 4.78 is 0. The quantitative estimate of drug-likeness (QED) is 0.904. The second-order valence-electron chi connectivity index (χ2n) is 5.61. The maximum absolute atomic E-state index is 11.0. The molecule has 0 saturated heterocycles. The first-order valence-corrected chi connectivity index (χ1v) is 6.24. The molecule has 0 heterocycles. The van der Waals surface area contributed by atoms with Crippen LogP contribution in [-0.2, 0) is 4.79 Å². The number of hydrogen-bond acceptors (Lipinski definition) is 3. The lowest BCUT2D eigenvalue weighted by molar-refractivity contribution is -0.140. The molecule has 1 rings (SSSR count). The highest BCUT2D eigenvalue weighted by atomic mass is 16.4. The number of carbonyl (C=O) groups is 1. The van der Waals surface area contributed by atoms with E-state index in [1.54, 1.807) is 6.07 Å². The van der Waals surface area contributed by atoms with E-state index < -0.39 is 5.97 Å². The number of carboxylic acids is 1. The Morgan fingerprint density at radius 1 is 1.47 bits per heavy atom. The Bertz CT molecular complexity index is 498. The maximum Gasteiger partial charge on any atom is 0.317 e. The fourth-order valence-electron chi connectivity index (χ4n) is 2.15. The molecule has 0 aromatic heterocycles. The third-order valence-corrected chi connectivity index (χ3v) is 3.13. The molecule has 19 heavy (non-hydrogen) atoms. The van der Waals surface area contributed by atoms with Crippen LogP contribution >= 0.6 is 0 Å². The van der Waals surface area contributed by atoms with Gasteiger partial charge in [0.15, 0.2) is 0 Å². The van der Waals surface area contributed by atoms with Gasteiger partial charge in [-0.15, -0.1) is 0 Å². The van der Waals surface area contributed by atoms with E-state index in [-0.39, 0.29) is 18.1 Å². The topological polar surface area (TPSA) is 64.3 Å². The van der Waals surface area contributed by atoms with Gasteiger partial charge in [-0.3, -0.25) is 9.69 Å². The highest BCUT2D eigenvalue weighted by molar-refractivity contribution is 5.69. The Morgan fingerprint density at radius 3 is 2.58 bits per heavy atom. The summed E-state index contributed by atoms with van der Waals surface area (Å²) in [4.78, 5) is 12.9. The number of nitriles is 1. The third-order valence-electron chi connectivity index (χ3n) is 3.13. The molecule has 0 fully saturated rings. The van der Waals surface area contributed by atoms with Crippen LogP contribution in [0.3, 0.4) is 0 Å². The minimum atomic E-state index is -0.849. The highest BCUT2D eigenvalue weighted by Crippen LogP contribution is 2.27. The monoisotopic (exact) mass is 260 g/mol. The van der Waals surface area contributed by atoms with Crippen LogP contribution < -0.4 is 0 Å². The van der Waals surface area contributed by atoms with Crippen LogP contribution in [0.5, 0.6) is 0 Å². The first-order chi connectivity index (χ1) is 8.75. The lowest BCUT2D eigenvalue weighted by Crippen LogP contribution is -2.45. The number of hydrogen-bond donors (Lipinski definition) is 1. The van der Waals surface area contributed by atoms with Crippen LogP contribution in [0.2, 0.25) is 0 Å². The van der Waals surface area contributed by atoms with Crippen LogP contribution in [0.15, 0.2) is 24.3 Å². The molecule has 1 aromatic carbocycles. The second-order valence-corrected chi connectivity index (χ2v) is 5.61. The summed E-state index contributed by atoms with van der Waals surface area (Å²) in [5, 5.41) is 18.0. The minimum Gasteiger partial charge on any atom is -0.480 e. The molecule has 0 amide bonds. The molecule has 0 aliphatic heterocycles. The molecule has 1 unspecified atom stereocenters. The summed E-state index contributed by atoms with van der Waals surface area (Å²) in [6, 6.07) is 9.34. The van der Waals surface area contributed by atoms with Crippen molar-refractivity contribution in [3.05, 3.63) is 35.4 Å². The summed E-state index contributed by atoms with van der Waals surface area (Å²) in [5.74, 6) is -0.849. The Balaban J connectivity index is 3.08. The van der Waals surface area contributed by atoms with E-state index in [1.165, 1.54) is 0 Å². The van der Waals surface area contributed by atoms with Gasteiger partial charge in [-0.2, -0.15) is 5.26 Å². The van der Waals surface area contributed by atoms with Gasteiger partial charge < -0.3 is 5.11 Å². The largest absolute Gasteiger partial charge is 0.480 e. The Morgan fingerprint density at radius 2 is 2.11 bits per heavy atom. The van der Waals surface area contributed by atoms with Gasteiger partial charge in [-0.1, -0.05) is 12.1 Å². The lowest BCUT2D eigenvalue weighted by Gasteiger charge is -2.39. The third kappa shape index (κ3) is 4.08. The summed E-state index contributed by atoms with van der Waals surface area (Å²) in [6.45, 7) is 7.90. The number of aliphatic carboxylic acids is 1. The second kappa shape index (κ2) is 5.85. The normalized spacial score (nSPS) is 13.1. The molecule has 4 heteroatoms. The molecular weight excluding hydrogens is 240 g/mol. The molecule has 0 saturated carbocycles. The van der Waals surface area contributed by atoms with Crippen LogP contribution in [0.4, 0.5) is 0 Å². The summed E-state index contributed by atoms with van der Waals surface area (Å²) in [5.41, 5.74) is 1.28. The standard InChI is InChI=1S/C15H20N2O2/c1-11(13-7-5-6-12(8-13)9-16)17(10-14(18)19)15(2,3)4/h5-8,11H,10H2,1-4H3,(H,18,19). The maximum atomic E-state index is 11.0. The molecule has 1 N–H and O–H groups in total. The van der Waals surface area contributed by atoms with E-state index in [4.69, 9.17) is 10.4 Å². The van der Waals surface area contributed by atoms with Crippen molar-refractivity contribution in [2.45, 2.75) is 39.3 Å². The average Bonchev–Trinajstić information content (AvgIpc) is 2.33. The number of nitrogens with zero attached hydrogens (tertiary/aromatic N) is 2. The van der Waals surface area contributed by atoms with Crippen LogP contribution in [-0.4, -0.2) is 28.1 Å². The van der Waals surface area contributed by atoms with E-state index in [9.17, 15) is 4.79 Å². The minimum absolute atomic E-state index is 0.0263. The van der Waals surface area contributed by atoms with Gasteiger partial charge in [-0.25, -0.2) is 0 Å². The van der Waals surface area contributed by atoms with Crippen molar-refractivity contribution < 1.29 is 9.90 Å². The van der Waals surface area contributed by atoms with Gasteiger partial charge in [-0.05, 0) is 45.4 Å². The molecule has 1 aromatic rings. The van der Waals surface area contributed by atoms with Crippen molar-refractivity contribution in [3.8, 4) is 6.07 Å². The van der Waals surface area contributed by atoms with Crippen molar-refractivity contribution in [2.24, 2.45) is 0 Å². The molecule has 0 aliphatic rings. The van der Waals surface area contributed by atoms with Crippen LogP contribution in [0.1, 0.15) is 44.9 Å². The molecule has 1 atom stereocenters. The number of rotatable bonds is 4. The van der Waals surface area contributed by atoms with Crippen molar-refractivity contribution in [3.63, 3.8) is 0 Å². The molecule has 0 radical (unpaired) electrons. The van der Waals surface area contributed by atoms with Crippen molar-refractivity contribution in [1.29, 1.82) is 5.26 Å². The first kappa shape index (κ1) is 15.2. The molecule has 0 aliphatic carbocycles. The molecule has 102 valence electrons. The lowest BCUT2D eigenvalue weighted by atomic mass is 9.98. The molecule has 0 spiro atoms. The number of carboxylic acid groups (broad SMARTS) is 1. The van der Waals surface area contributed by atoms with Crippen LogP contribution in [0.25, 0.3) is 0 Å². The number of benzene rings is 1. The SMILES string of the molecule is CC(c1cccc(C#N)c1)N(CC(=O)O)C(C)(C)C. The summed E-state index contributed by atoms with van der Waals surface area (Å²) in [7, 11) is 0. The fourth-order valence-corrected chi connectivity index (χ4v) is 2.15. The average molecular weight is 260 g/mol. The summed E-state index contributed by atoms with van der Waals surface area (Å²) >= 11 is 0. The molecule has 4 nitrogen and oxygen atoms in total. The van der Waals surface area contributed by atoms with Gasteiger partial charge >= 0.3 is 5.97 Å². The van der Waals surface area contributed by atoms with Crippen molar-refractivity contribution in [2.75, 3.05) is 6.54 Å². The zero-order chi connectivity index (χ0) is 14.6. The predicted molar refractivity (Wildman–Crippen MR) is 73.7 cm³/mol. The molecular formula is C15H20N2O2. The van der Waals surface area contributed by atoms with Gasteiger partial charge in [0.05, 0.1) is 18.2 Å². The molecule has 0 bridgehead atoms. The Kier molecular flexibility index (Phi) is 4.68. The zero-order valence-electron chi connectivity index (χ0n) is 11.8. The van der Waals surface area contributed by atoms with Crippen molar-refractivity contribution in [1.82, 2.24) is 4.90 Å². The van der Waals surface area contributed by atoms with E-state index in [1.807, 2.05) is 50.8 Å². The fraction of sp³-hybridized carbons (Fsp3) is 0.467. The van der Waals surface area contributed by atoms with Crippen LogP contribution in [0, 0.1) is 11.3 Å². The van der Waals surface area contributed by atoms with E-state index >= 15 is 0 Å². The Hall–Kier alpha value is -1.86. The first-order valence-electron chi connectivity index (χ1n) is 6.24. The smallest absolute Gasteiger partial charge is 0.317 e. The summed E-state index contributed by atoms with van der Waals surface area (Å²) in [6.07, 6.45) is 0. The highest BCUT2D eigenvalue weighted by Gasteiger charge is 2.29. The van der Waals surface area contributed by atoms with E-state index in [2.05, 4.69) is 6.07 Å². The van der Waals surface area contributed by atoms with Gasteiger partial charge in [0, 0.05) is 11.6 Å².